The first kappa shape index (κ1) is 7.56. The Hall–Kier alpha value is -0.0800. The highest BCUT2D eigenvalue weighted by Crippen LogP contribution is 2.16. The molecular weight excluding hydrogens is 136 g/mol. The van der Waals surface area contributed by atoms with Gasteiger partial charge >= 0.3 is 0 Å². The van der Waals surface area contributed by atoms with Gasteiger partial charge in [-0.3, -0.25) is 0 Å². The van der Waals surface area contributed by atoms with Crippen molar-refractivity contribution in [3.63, 3.8) is 0 Å². The molecular formula is C9H18N2. The van der Waals surface area contributed by atoms with Gasteiger partial charge in [-0.1, -0.05) is 6.42 Å². The topological polar surface area (TPSA) is 24.1 Å². The first-order valence-corrected chi connectivity index (χ1v) is 4.93. The average Bonchev–Trinajstić information content (AvgIpc) is 2.58. The lowest BCUT2D eigenvalue weighted by Gasteiger charge is -2.28. The van der Waals surface area contributed by atoms with Gasteiger partial charge in [-0.25, -0.2) is 0 Å². The molecule has 0 aromatic heterocycles. The van der Waals surface area contributed by atoms with Gasteiger partial charge in [0, 0.05) is 12.1 Å². The molecule has 0 spiro atoms. The molecule has 2 N–H and O–H groups in total. The minimum Gasteiger partial charge on any atom is -0.312 e. The van der Waals surface area contributed by atoms with E-state index in [0.717, 1.165) is 12.1 Å². The Morgan fingerprint density at radius 1 is 0.727 bits per heavy atom. The van der Waals surface area contributed by atoms with Crippen LogP contribution in [0.25, 0.3) is 0 Å². The molecule has 2 nitrogen and oxygen atoms in total. The lowest BCUT2D eigenvalue weighted by Crippen LogP contribution is -2.47. The summed E-state index contributed by atoms with van der Waals surface area (Å²) in [4.78, 5) is 0. The molecule has 0 aliphatic carbocycles. The molecule has 2 fully saturated rings. The molecule has 0 aromatic rings. The van der Waals surface area contributed by atoms with Crippen LogP contribution in [0, 0.1) is 0 Å². The molecule has 2 heterocycles. The predicted octanol–water partition coefficient (Wildman–Crippen LogP) is 0.880. The molecule has 2 saturated heterocycles. The maximum absolute atomic E-state index is 3.60. The zero-order chi connectivity index (χ0) is 7.52. The fraction of sp³-hybridized carbons (Fsp3) is 1.00. The minimum atomic E-state index is 0.784. The Balaban J connectivity index is 1.82. The summed E-state index contributed by atoms with van der Waals surface area (Å²) in [6, 6.07) is 1.57. The van der Waals surface area contributed by atoms with Gasteiger partial charge in [0.25, 0.3) is 0 Å². The predicted molar refractivity (Wildman–Crippen MR) is 46.7 cm³/mol. The zero-order valence-corrected chi connectivity index (χ0v) is 7.10. The van der Waals surface area contributed by atoms with E-state index in [0.29, 0.717) is 0 Å². The van der Waals surface area contributed by atoms with Crippen LogP contribution in [0.2, 0.25) is 0 Å². The summed E-state index contributed by atoms with van der Waals surface area (Å²) in [5.74, 6) is 0. The van der Waals surface area contributed by atoms with Crippen LogP contribution in [-0.2, 0) is 0 Å². The number of nitrogens with one attached hydrogen (secondary N) is 2. The van der Waals surface area contributed by atoms with Crippen molar-refractivity contribution in [3.05, 3.63) is 0 Å². The molecule has 11 heavy (non-hydrogen) atoms. The van der Waals surface area contributed by atoms with E-state index in [1.54, 1.807) is 0 Å². The summed E-state index contributed by atoms with van der Waals surface area (Å²) in [7, 11) is 0. The monoisotopic (exact) mass is 154 g/mol. The number of piperidine rings is 1. The van der Waals surface area contributed by atoms with E-state index in [2.05, 4.69) is 10.6 Å². The van der Waals surface area contributed by atoms with Crippen LogP contribution in [0.5, 0.6) is 0 Å². The maximum atomic E-state index is 3.60. The molecule has 2 rings (SSSR count). The number of hydrogen-bond acceptors (Lipinski definition) is 2. The van der Waals surface area contributed by atoms with Crippen molar-refractivity contribution in [2.24, 2.45) is 0 Å². The van der Waals surface area contributed by atoms with Crippen molar-refractivity contribution >= 4 is 0 Å². The van der Waals surface area contributed by atoms with E-state index >= 15 is 0 Å². The standard InChI is InChI=1S/C9H18N2/c1-2-6-10-8(4-1)9-5-3-7-11-9/h8-11H,1-7H2. The Labute approximate surface area is 68.7 Å². The SMILES string of the molecule is C1CCC(C2CCCN2)NC1. The van der Waals surface area contributed by atoms with Crippen LogP contribution in [0.1, 0.15) is 32.1 Å². The van der Waals surface area contributed by atoms with Crippen LogP contribution < -0.4 is 10.6 Å². The van der Waals surface area contributed by atoms with Gasteiger partial charge in [0.15, 0.2) is 0 Å². The highest BCUT2D eigenvalue weighted by Gasteiger charge is 2.24. The second-order valence-corrected chi connectivity index (χ2v) is 3.76. The van der Waals surface area contributed by atoms with E-state index in [4.69, 9.17) is 0 Å². The Bertz CT molecular complexity index is 113. The van der Waals surface area contributed by atoms with Gasteiger partial charge in [-0.15, -0.1) is 0 Å². The van der Waals surface area contributed by atoms with Gasteiger partial charge in [0.2, 0.25) is 0 Å². The largest absolute Gasteiger partial charge is 0.312 e. The van der Waals surface area contributed by atoms with E-state index in [-0.39, 0.29) is 0 Å². The molecule has 2 heteroatoms. The van der Waals surface area contributed by atoms with Crippen molar-refractivity contribution in [1.82, 2.24) is 10.6 Å². The third-order valence-corrected chi connectivity index (χ3v) is 2.93. The second-order valence-electron chi connectivity index (χ2n) is 3.76. The third kappa shape index (κ3) is 1.74. The Morgan fingerprint density at radius 2 is 1.36 bits per heavy atom. The Kier molecular flexibility index (Phi) is 2.44. The summed E-state index contributed by atoms with van der Waals surface area (Å²) in [6.45, 7) is 2.48. The summed E-state index contributed by atoms with van der Waals surface area (Å²) < 4.78 is 0. The summed E-state index contributed by atoms with van der Waals surface area (Å²) in [5.41, 5.74) is 0. The van der Waals surface area contributed by atoms with Crippen LogP contribution in [-0.4, -0.2) is 25.2 Å². The lowest BCUT2D eigenvalue weighted by atomic mass is 9.97. The normalized spacial score (nSPS) is 39.3. The zero-order valence-electron chi connectivity index (χ0n) is 7.10. The molecule has 0 aromatic carbocycles. The second kappa shape index (κ2) is 3.55. The van der Waals surface area contributed by atoms with E-state index in [1.165, 1.54) is 45.2 Å². The molecule has 2 aliphatic rings. The highest BCUT2D eigenvalue weighted by atomic mass is 15.0. The molecule has 2 unspecified atom stereocenters. The van der Waals surface area contributed by atoms with Crippen LogP contribution >= 0.6 is 0 Å². The van der Waals surface area contributed by atoms with E-state index in [1.807, 2.05) is 0 Å². The number of hydrogen-bond donors (Lipinski definition) is 2. The van der Waals surface area contributed by atoms with Gasteiger partial charge in [0.1, 0.15) is 0 Å². The quantitative estimate of drug-likeness (QED) is 0.586. The fourth-order valence-electron chi connectivity index (χ4n) is 2.28. The van der Waals surface area contributed by atoms with Crippen LogP contribution in [0.15, 0.2) is 0 Å². The van der Waals surface area contributed by atoms with Crippen molar-refractivity contribution < 1.29 is 0 Å². The van der Waals surface area contributed by atoms with Gasteiger partial charge in [-0.2, -0.15) is 0 Å². The van der Waals surface area contributed by atoms with Crippen LogP contribution in [0.3, 0.4) is 0 Å². The molecule has 2 atom stereocenters. The fourth-order valence-corrected chi connectivity index (χ4v) is 2.28. The van der Waals surface area contributed by atoms with Crippen molar-refractivity contribution in [2.75, 3.05) is 13.1 Å². The van der Waals surface area contributed by atoms with Gasteiger partial charge < -0.3 is 10.6 Å². The van der Waals surface area contributed by atoms with E-state index < -0.39 is 0 Å². The number of rotatable bonds is 1. The highest BCUT2D eigenvalue weighted by molar-refractivity contribution is 4.88. The van der Waals surface area contributed by atoms with Crippen LogP contribution in [0.4, 0.5) is 0 Å². The molecule has 0 bridgehead atoms. The summed E-state index contributed by atoms with van der Waals surface area (Å²) in [6.07, 6.45) is 6.96. The summed E-state index contributed by atoms with van der Waals surface area (Å²) >= 11 is 0. The van der Waals surface area contributed by atoms with Gasteiger partial charge in [0.05, 0.1) is 0 Å². The average molecular weight is 154 g/mol. The first-order valence-electron chi connectivity index (χ1n) is 4.93. The summed E-state index contributed by atoms with van der Waals surface area (Å²) in [5, 5.41) is 7.16. The molecule has 64 valence electrons. The Morgan fingerprint density at radius 3 is 1.91 bits per heavy atom. The van der Waals surface area contributed by atoms with Crippen molar-refractivity contribution in [3.8, 4) is 0 Å². The maximum Gasteiger partial charge on any atom is 0.0221 e. The molecule has 0 amide bonds. The van der Waals surface area contributed by atoms with Crippen molar-refractivity contribution in [2.45, 2.75) is 44.2 Å². The smallest absolute Gasteiger partial charge is 0.0221 e. The minimum absolute atomic E-state index is 0.784. The lowest BCUT2D eigenvalue weighted by molar-refractivity contribution is 0.332. The van der Waals surface area contributed by atoms with E-state index in [9.17, 15) is 0 Å². The molecule has 2 aliphatic heterocycles. The molecule has 0 saturated carbocycles. The molecule has 0 radical (unpaired) electrons. The van der Waals surface area contributed by atoms with Crippen molar-refractivity contribution in [1.29, 1.82) is 0 Å². The first-order chi connectivity index (χ1) is 5.47. The third-order valence-electron chi connectivity index (χ3n) is 2.93. The van der Waals surface area contributed by atoms with Gasteiger partial charge in [-0.05, 0) is 38.8 Å².